The lowest BCUT2D eigenvalue weighted by molar-refractivity contribution is 0.0976. The molecule has 4 rings (SSSR count). The topological polar surface area (TPSA) is 121 Å². The van der Waals surface area contributed by atoms with Crippen molar-refractivity contribution in [1.82, 2.24) is 19.7 Å². The second-order valence-electron chi connectivity index (χ2n) is 7.83. The number of rotatable bonds is 8. The normalized spacial score (nSPS) is 12.5. The lowest BCUT2D eigenvalue weighted by Gasteiger charge is -2.18. The third kappa shape index (κ3) is 5.31. The van der Waals surface area contributed by atoms with Crippen molar-refractivity contribution >= 4 is 18.8 Å². The van der Waals surface area contributed by atoms with Crippen LogP contribution in [0.15, 0.2) is 84.0 Å². The summed E-state index contributed by atoms with van der Waals surface area (Å²) in [4.78, 5) is 52.0. The van der Waals surface area contributed by atoms with Crippen LogP contribution in [0.4, 0.5) is 0 Å². The fourth-order valence-electron chi connectivity index (χ4n) is 3.70. The maximum Gasteiger partial charge on any atom is 0.296 e. The largest absolute Gasteiger partial charge is 0.296 e. The zero-order valence-corrected chi connectivity index (χ0v) is 18.9. The van der Waals surface area contributed by atoms with Gasteiger partial charge in [0.05, 0.1) is 0 Å². The van der Waals surface area contributed by atoms with Gasteiger partial charge in [0.2, 0.25) is 5.95 Å². The molecule has 0 saturated heterocycles. The Bertz CT molecular complexity index is 1280. The van der Waals surface area contributed by atoms with E-state index in [4.69, 9.17) is 0 Å². The molecule has 3 N–H and O–H groups in total. The number of nitrogens with zero attached hydrogens (tertiary/aromatic N) is 3. The molecule has 0 saturated carbocycles. The number of benzene rings is 2. The Morgan fingerprint density at radius 3 is 2.36 bits per heavy atom. The molecule has 33 heavy (non-hydrogen) atoms. The van der Waals surface area contributed by atoms with Crippen LogP contribution in [0.1, 0.15) is 40.2 Å². The van der Waals surface area contributed by atoms with E-state index in [0.717, 1.165) is 11.1 Å². The van der Waals surface area contributed by atoms with Crippen LogP contribution in [0, 0.1) is 0 Å². The average molecular weight is 463 g/mol. The Morgan fingerprint density at radius 1 is 1.06 bits per heavy atom. The van der Waals surface area contributed by atoms with E-state index in [-0.39, 0.29) is 29.6 Å². The number of ketones is 1. The van der Waals surface area contributed by atoms with Gasteiger partial charge in [0.1, 0.15) is 12.2 Å². The number of aromatic nitrogens is 4. The van der Waals surface area contributed by atoms with Gasteiger partial charge in [0, 0.05) is 30.9 Å². The zero-order valence-electron chi connectivity index (χ0n) is 18.0. The average Bonchev–Trinajstić information content (AvgIpc) is 3.34. The molecule has 0 aliphatic heterocycles. The summed E-state index contributed by atoms with van der Waals surface area (Å²) >= 11 is 0. The van der Waals surface area contributed by atoms with Crippen LogP contribution in [-0.4, -0.2) is 42.0 Å². The first-order valence-electron chi connectivity index (χ1n) is 10.4. The lowest BCUT2D eigenvalue weighted by atomic mass is 9.86. The molecule has 168 valence electrons. The van der Waals surface area contributed by atoms with E-state index in [2.05, 4.69) is 15.1 Å². The molecule has 0 aliphatic carbocycles. The van der Waals surface area contributed by atoms with E-state index in [0.29, 0.717) is 11.7 Å². The van der Waals surface area contributed by atoms with Gasteiger partial charge in [-0.05, 0) is 35.7 Å². The summed E-state index contributed by atoms with van der Waals surface area (Å²) in [5, 5.41) is 4.51. The summed E-state index contributed by atoms with van der Waals surface area (Å²) in [5.74, 6) is -0.148. The van der Waals surface area contributed by atoms with Gasteiger partial charge in [-0.1, -0.05) is 42.5 Å². The second-order valence-corrected chi connectivity index (χ2v) is 10.2. The summed E-state index contributed by atoms with van der Waals surface area (Å²) in [6.45, 7) is 1.42. The van der Waals surface area contributed by atoms with Crippen LogP contribution in [0.25, 0.3) is 5.95 Å². The van der Waals surface area contributed by atoms with Crippen molar-refractivity contribution in [3.8, 4) is 5.95 Å². The molecule has 2 aromatic heterocycles. The monoisotopic (exact) mass is 463 g/mol. The highest BCUT2D eigenvalue weighted by Gasteiger charge is 2.29. The lowest BCUT2D eigenvalue weighted by Crippen LogP contribution is -2.21. The van der Waals surface area contributed by atoms with Crippen LogP contribution in [0.3, 0.4) is 0 Å². The fraction of sp³-hybridized carbons (Fsp3) is 0.167. The van der Waals surface area contributed by atoms with Gasteiger partial charge in [-0.25, -0.2) is 19.5 Å². The highest BCUT2D eigenvalue weighted by Crippen LogP contribution is 2.43. The van der Waals surface area contributed by atoms with Gasteiger partial charge in [-0.3, -0.25) is 14.6 Å². The van der Waals surface area contributed by atoms with Crippen molar-refractivity contribution < 1.29 is 14.6 Å². The van der Waals surface area contributed by atoms with Crippen molar-refractivity contribution in [3.05, 3.63) is 106 Å². The first-order valence-corrected chi connectivity index (χ1v) is 12.6. The minimum Gasteiger partial charge on any atom is -0.294 e. The molecule has 1 atom stereocenters. The van der Waals surface area contributed by atoms with Gasteiger partial charge in [-0.2, -0.15) is 5.10 Å². The number of carbonyl (C=O) groups excluding carboxylic acids is 1. The Morgan fingerprint density at radius 2 is 1.76 bits per heavy atom. The molecule has 0 bridgehead atoms. The number of hydrogen-bond donors (Lipinski definition) is 3. The molecule has 0 radical (unpaired) electrons. The molecule has 0 fully saturated rings. The third-order valence-corrected chi connectivity index (χ3v) is 6.73. The summed E-state index contributed by atoms with van der Waals surface area (Å²) in [6, 6.07) is 18.6. The van der Waals surface area contributed by atoms with Crippen LogP contribution in [0.5, 0.6) is 0 Å². The molecule has 0 aliphatic rings. The molecular formula is C24H24N4O4P+. The maximum absolute atomic E-state index is 12.9. The minimum absolute atomic E-state index is 0.00851. The fourth-order valence-corrected chi connectivity index (χ4v) is 4.42. The highest BCUT2D eigenvalue weighted by molar-refractivity contribution is 7.71. The van der Waals surface area contributed by atoms with Gasteiger partial charge in [0.15, 0.2) is 11.1 Å². The van der Waals surface area contributed by atoms with Gasteiger partial charge in [-0.15, -0.1) is 0 Å². The second kappa shape index (κ2) is 9.58. The zero-order chi connectivity index (χ0) is 23.4. The van der Waals surface area contributed by atoms with E-state index >= 15 is 0 Å². The Balaban J connectivity index is 1.55. The predicted molar refractivity (Wildman–Crippen MR) is 127 cm³/mol. The Hall–Kier alpha value is -3.45. The summed E-state index contributed by atoms with van der Waals surface area (Å²) in [5.41, 5.74) is 1.49. The molecule has 0 unspecified atom stereocenters. The number of Topliss-reactive ketones (excluding diaryl/α,β-unsaturated/α-hetero) is 1. The number of aromatic amines is 1. The van der Waals surface area contributed by atoms with Crippen molar-refractivity contribution in [3.63, 3.8) is 0 Å². The smallest absolute Gasteiger partial charge is 0.294 e. The number of hydrogen-bond acceptors (Lipinski definition) is 6. The van der Waals surface area contributed by atoms with Crippen LogP contribution in [-0.2, 0) is 0 Å². The van der Waals surface area contributed by atoms with Crippen LogP contribution in [0.2, 0.25) is 0 Å². The quantitative estimate of drug-likeness (QED) is 0.273. The number of H-pyrrole nitrogens is 1. The summed E-state index contributed by atoms with van der Waals surface area (Å²) in [7, 11) is -3.09. The van der Waals surface area contributed by atoms with Crippen LogP contribution >= 0.6 is 7.72 Å². The Kier molecular flexibility index (Phi) is 6.60. The third-order valence-electron chi connectivity index (χ3n) is 5.45. The summed E-state index contributed by atoms with van der Waals surface area (Å²) < 4.78 is 1.41. The van der Waals surface area contributed by atoms with E-state index in [9.17, 15) is 19.4 Å². The van der Waals surface area contributed by atoms with Crippen molar-refractivity contribution in [2.45, 2.75) is 18.8 Å². The van der Waals surface area contributed by atoms with Gasteiger partial charge >= 0.3 is 0 Å². The maximum atomic E-state index is 12.9. The standard InChI is InChI=1S/C24H23N4O4P/c1-33(31,32)19-10-8-18(9-11-19)20(17-6-3-2-4-7-17)12-13-22(29)21-16-25-24(27-23(21)30)28-15-5-14-26-28/h2-11,14-16,20,31-32H,12-13H2,1H3/p+1/t20-/m1/s1. The molecular weight excluding hydrogens is 439 g/mol. The molecule has 9 heteroatoms. The van der Waals surface area contributed by atoms with Crippen molar-refractivity contribution in [2.24, 2.45) is 0 Å². The van der Waals surface area contributed by atoms with E-state index in [1.54, 1.807) is 30.6 Å². The molecule has 8 nitrogen and oxygen atoms in total. The summed E-state index contributed by atoms with van der Waals surface area (Å²) in [6.07, 6.45) is 5.13. The first-order chi connectivity index (χ1) is 15.8. The first kappa shape index (κ1) is 22.7. The number of carbonyl (C=O) groups is 1. The molecule has 4 aromatic rings. The Labute approximate surface area is 191 Å². The SMILES string of the molecule is C[P+](O)(O)c1ccc([C@H](CCC(=O)c2cnc(-n3cccn3)[nH]c2=O)c2ccccc2)cc1. The van der Waals surface area contributed by atoms with Gasteiger partial charge < -0.3 is 0 Å². The van der Waals surface area contributed by atoms with Crippen molar-refractivity contribution in [2.75, 3.05) is 6.66 Å². The molecule has 2 heterocycles. The molecule has 0 amide bonds. The van der Waals surface area contributed by atoms with Gasteiger partial charge in [0.25, 0.3) is 13.3 Å². The van der Waals surface area contributed by atoms with E-state index in [1.807, 2.05) is 42.5 Å². The predicted octanol–water partition coefficient (Wildman–Crippen LogP) is 2.84. The van der Waals surface area contributed by atoms with E-state index in [1.165, 1.54) is 17.5 Å². The molecule has 0 spiro atoms. The number of nitrogens with one attached hydrogen (secondary N) is 1. The van der Waals surface area contributed by atoms with Crippen molar-refractivity contribution in [1.29, 1.82) is 0 Å². The van der Waals surface area contributed by atoms with E-state index < -0.39 is 13.3 Å². The molecule has 2 aromatic carbocycles. The highest BCUT2D eigenvalue weighted by atomic mass is 31.2. The van der Waals surface area contributed by atoms with Crippen LogP contribution < -0.4 is 10.9 Å². The minimum atomic E-state index is -3.09.